The van der Waals surface area contributed by atoms with E-state index in [1.807, 2.05) is 0 Å². The quantitative estimate of drug-likeness (QED) is 0.914. The van der Waals surface area contributed by atoms with Crippen LogP contribution in [0.2, 0.25) is 0 Å². The Labute approximate surface area is 103 Å². The molecular weight excluding hydrogens is 242 g/mol. The molecule has 0 aliphatic rings. The zero-order chi connectivity index (χ0) is 13.3. The first-order valence-corrected chi connectivity index (χ1v) is 5.25. The summed E-state index contributed by atoms with van der Waals surface area (Å²) in [6.07, 6.45) is 0. The Morgan fingerprint density at radius 3 is 2.56 bits per heavy atom. The van der Waals surface area contributed by atoms with Crippen LogP contribution in [-0.4, -0.2) is 19.1 Å². The van der Waals surface area contributed by atoms with Gasteiger partial charge in [-0.05, 0) is 13.0 Å². The van der Waals surface area contributed by atoms with Crippen molar-refractivity contribution in [2.45, 2.75) is 6.92 Å². The maximum atomic E-state index is 13.8. The van der Waals surface area contributed by atoms with Crippen LogP contribution < -0.4 is 10.1 Å². The Balaban J connectivity index is 2.56. The fourth-order valence-corrected chi connectivity index (χ4v) is 1.62. The fraction of sp³-hybridized carbons (Fsp3) is 0.250. The van der Waals surface area contributed by atoms with E-state index in [4.69, 9.17) is 9.15 Å². The Kier molecular flexibility index (Phi) is 3.18. The molecule has 6 heteroatoms. The van der Waals surface area contributed by atoms with Crippen molar-refractivity contribution in [2.24, 2.45) is 0 Å². The van der Waals surface area contributed by atoms with Crippen LogP contribution >= 0.6 is 0 Å². The molecule has 1 heterocycles. The second kappa shape index (κ2) is 4.64. The summed E-state index contributed by atoms with van der Waals surface area (Å²) in [4.78, 5) is 4.03. The normalized spacial score (nSPS) is 10.5. The molecule has 1 N–H and O–H groups in total. The number of nitrogens with zero attached hydrogens (tertiary/aromatic N) is 1. The van der Waals surface area contributed by atoms with Crippen LogP contribution in [0.5, 0.6) is 5.75 Å². The summed E-state index contributed by atoms with van der Waals surface area (Å²) < 4.78 is 37.3. The van der Waals surface area contributed by atoms with Crippen LogP contribution in [0.1, 0.15) is 5.76 Å². The van der Waals surface area contributed by atoms with Gasteiger partial charge in [0.2, 0.25) is 0 Å². The van der Waals surface area contributed by atoms with Crippen LogP contribution in [0.15, 0.2) is 16.5 Å². The molecule has 0 bridgehead atoms. The molecule has 0 saturated heterocycles. The van der Waals surface area contributed by atoms with E-state index in [2.05, 4.69) is 10.3 Å². The third kappa shape index (κ3) is 2.01. The van der Waals surface area contributed by atoms with Crippen molar-refractivity contribution >= 4 is 6.01 Å². The first kappa shape index (κ1) is 12.3. The lowest BCUT2D eigenvalue weighted by atomic mass is 10.1. The van der Waals surface area contributed by atoms with Crippen LogP contribution in [0, 0.1) is 18.6 Å². The lowest BCUT2D eigenvalue weighted by Gasteiger charge is -2.05. The molecule has 0 saturated carbocycles. The highest BCUT2D eigenvalue weighted by Crippen LogP contribution is 2.31. The first-order chi connectivity index (χ1) is 8.56. The maximum Gasteiger partial charge on any atom is 0.295 e. The number of benzene rings is 1. The van der Waals surface area contributed by atoms with Gasteiger partial charge in [-0.15, -0.1) is 0 Å². The molecule has 1 aromatic heterocycles. The number of rotatable bonds is 3. The Morgan fingerprint density at radius 1 is 1.28 bits per heavy atom. The molecule has 0 amide bonds. The monoisotopic (exact) mass is 254 g/mol. The predicted octanol–water partition coefficient (Wildman–Crippen LogP) is 2.98. The van der Waals surface area contributed by atoms with Crippen molar-refractivity contribution in [3.63, 3.8) is 0 Å². The molecule has 2 aromatic rings. The van der Waals surface area contributed by atoms with Crippen molar-refractivity contribution in [3.05, 3.63) is 29.5 Å². The molecular formula is C12H12F2N2O2. The second-order valence-electron chi connectivity index (χ2n) is 3.64. The van der Waals surface area contributed by atoms with Gasteiger partial charge in [-0.1, -0.05) is 0 Å². The van der Waals surface area contributed by atoms with Gasteiger partial charge >= 0.3 is 0 Å². The molecule has 18 heavy (non-hydrogen) atoms. The van der Waals surface area contributed by atoms with Gasteiger partial charge in [0.15, 0.2) is 11.6 Å². The summed E-state index contributed by atoms with van der Waals surface area (Å²) in [5.41, 5.74) is 0.300. The van der Waals surface area contributed by atoms with Crippen molar-refractivity contribution in [1.82, 2.24) is 4.98 Å². The van der Waals surface area contributed by atoms with Gasteiger partial charge in [0.1, 0.15) is 17.3 Å². The maximum absolute atomic E-state index is 13.8. The minimum Gasteiger partial charge on any atom is -0.494 e. The third-order valence-electron chi connectivity index (χ3n) is 2.51. The van der Waals surface area contributed by atoms with Gasteiger partial charge in [-0.25, -0.2) is 8.78 Å². The molecule has 96 valence electrons. The number of anilines is 1. The number of aromatic nitrogens is 1. The highest BCUT2D eigenvalue weighted by Gasteiger charge is 2.18. The standard InChI is InChI=1S/C12H12F2N2O2/c1-6-11(16-12(15-2)18-6)7-4-9(14)10(17-3)5-8(7)13/h4-5H,1-3H3,(H,15,16). The molecule has 0 unspecified atom stereocenters. The lowest BCUT2D eigenvalue weighted by molar-refractivity contribution is 0.383. The topological polar surface area (TPSA) is 47.3 Å². The Hall–Kier alpha value is -2.11. The number of methoxy groups -OCH3 is 1. The van der Waals surface area contributed by atoms with Gasteiger partial charge in [-0.3, -0.25) is 0 Å². The smallest absolute Gasteiger partial charge is 0.295 e. The summed E-state index contributed by atoms with van der Waals surface area (Å²) in [5.74, 6) is -1.01. The van der Waals surface area contributed by atoms with E-state index in [1.165, 1.54) is 7.11 Å². The zero-order valence-corrected chi connectivity index (χ0v) is 10.2. The highest BCUT2D eigenvalue weighted by atomic mass is 19.1. The molecule has 0 aliphatic carbocycles. The van der Waals surface area contributed by atoms with E-state index >= 15 is 0 Å². The zero-order valence-electron chi connectivity index (χ0n) is 10.2. The Morgan fingerprint density at radius 2 is 2.00 bits per heavy atom. The molecule has 0 atom stereocenters. The summed E-state index contributed by atoms with van der Waals surface area (Å²) in [6, 6.07) is 2.27. The first-order valence-electron chi connectivity index (χ1n) is 5.25. The SMILES string of the molecule is CNc1nc(-c2cc(F)c(OC)cc2F)c(C)o1. The molecule has 0 fully saturated rings. The van der Waals surface area contributed by atoms with Crippen molar-refractivity contribution in [1.29, 1.82) is 0 Å². The van der Waals surface area contributed by atoms with E-state index in [0.29, 0.717) is 5.76 Å². The number of ether oxygens (including phenoxy) is 1. The predicted molar refractivity (Wildman–Crippen MR) is 62.7 cm³/mol. The number of oxazole rings is 1. The lowest BCUT2D eigenvalue weighted by Crippen LogP contribution is -1.94. The fourth-order valence-electron chi connectivity index (χ4n) is 1.62. The number of hydrogen-bond donors (Lipinski definition) is 1. The largest absolute Gasteiger partial charge is 0.494 e. The summed E-state index contributed by atoms with van der Waals surface area (Å²) in [5, 5.41) is 2.70. The second-order valence-corrected chi connectivity index (χ2v) is 3.64. The number of hydrogen-bond acceptors (Lipinski definition) is 4. The molecule has 0 aliphatic heterocycles. The number of halogens is 2. The van der Waals surface area contributed by atoms with Crippen LogP contribution in [0.25, 0.3) is 11.3 Å². The van der Waals surface area contributed by atoms with E-state index < -0.39 is 11.6 Å². The van der Waals surface area contributed by atoms with Gasteiger partial charge in [0.25, 0.3) is 6.01 Å². The molecule has 1 aromatic carbocycles. The van der Waals surface area contributed by atoms with E-state index in [9.17, 15) is 8.78 Å². The molecule has 0 spiro atoms. The minimum atomic E-state index is -0.651. The highest BCUT2D eigenvalue weighted by molar-refractivity contribution is 5.64. The number of aryl methyl sites for hydroxylation is 1. The van der Waals surface area contributed by atoms with Gasteiger partial charge in [-0.2, -0.15) is 4.98 Å². The Bertz CT molecular complexity index is 582. The van der Waals surface area contributed by atoms with E-state index in [0.717, 1.165) is 12.1 Å². The van der Waals surface area contributed by atoms with Crippen LogP contribution in [-0.2, 0) is 0 Å². The van der Waals surface area contributed by atoms with Crippen molar-refractivity contribution in [2.75, 3.05) is 19.5 Å². The van der Waals surface area contributed by atoms with E-state index in [-0.39, 0.29) is 23.0 Å². The van der Waals surface area contributed by atoms with Crippen molar-refractivity contribution < 1.29 is 17.9 Å². The minimum absolute atomic E-state index is 0.0380. The van der Waals surface area contributed by atoms with E-state index in [1.54, 1.807) is 14.0 Å². The van der Waals surface area contributed by atoms with Crippen LogP contribution in [0.4, 0.5) is 14.8 Å². The van der Waals surface area contributed by atoms with Gasteiger partial charge in [0, 0.05) is 18.7 Å². The molecule has 0 radical (unpaired) electrons. The average Bonchev–Trinajstić information content (AvgIpc) is 2.73. The summed E-state index contributed by atoms with van der Waals surface area (Å²) in [6.45, 7) is 1.63. The summed E-state index contributed by atoms with van der Waals surface area (Å²) in [7, 11) is 2.90. The molecule has 4 nitrogen and oxygen atoms in total. The van der Waals surface area contributed by atoms with Gasteiger partial charge < -0.3 is 14.5 Å². The summed E-state index contributed by atoms with van der Waals surface area (Å²) >= 11 is 0. The number of nitrogens with one attached hydrogen (secondary N) is 1. The van der Waals surface area contributed by atoms with Crippen molar-refractivity contribution in [3.8, 4) is 17.0 Å². The average molecular weight is 254 g/mol. The van der Waals surface area contributed by atoms with Crippen LogP contribution in [0.3, 0.4) is 0 Å². The van der Waals surface area contributed by atoms with Gasteiger partial charge in [0.05, 0.1) is 7.11 Å². The third-order valence-corrected chi connectivity index (χ3v) is 2.51. The molecule has 2 rings (SSSR count).